The fourth-order valence-corrected chi connectivity index (χ4v) is 9.68. The lowest BCUT2D eigenvalue weighted by molar-refractivity contribution is -0.209. The standard InChI is InChI=1S/C33H49FN4O5/c34-24-14-22-30-32(29(24)35-8-3-9-37-10-12-41-13-11-37)43-28-15-21-20-4-1-2-5-26(20)42-27(21)16-25(28)38(30)18-23(31(22)39)33(40)36-17-19-6-7-19/h18-22,24-30,32,35H,1-17H2,(H,36,40). The number of alkyl halides is 1. The molecular formula is C33H49FN4O5. The van der Waals surface area contributed by atoms with E-state index in [9.17, 15) is 9.59 Å². The lowest BCUT2D eigenvalue weighted by atomic mass is 9.67. The molecule has 11 atom stereocenters. The second-order valence-corrected chi connectivity index (χ2v) is 14.6. The Morgan fingerprint density at radius 3 is 2.65 bits per heavy atom. The maximum Gasteiger partial charge on any atom is 0.256 e. The average Bonchev–Trinajstić information content (AvgIpc) is 3.79. The summed E-state index contributed by atoms with van der Waals surface area (Å²) < 4.78 is 35.3. The fraction of sp³-hybridized carbons (Fsp3) is 0.879. The van der Waals surface area contributed by atoms with Crippen molar-refractivity contribution < 1.29 is 28.2 Å². The number of nitrogens with zero attached hydrogens (tertiary/aromatic N) is 2. The van der Waals surface area contributed by atoms with Gasteiger partial charge in [0.25, 0.3) is 5.91 Å². The fourth-order valence-electron chi connectivity index (χ4n) is 9.68. The number of hydrogen-bond donors (Lipinski definition) is 2. The lowest BCUT2D eigenvalue weighted by Crippen LogP contribution is -2.73. The number of hydrogen-bond acceptors (Lipinski definition) is 8. The largest absolute Gasteiger partial charge is 0.379 e. The van der Waals surface area contributed by atoms with Crippen LogP contribution < -0.4 is 10.6 Å². The minimum absolute atomic E-state index is 0.0302. The highest BCUT2D eigenvalue weighted by Crippen LogP contribution is 2.52. The molecule has 3 saturated heterocycles. The number of morpholine rings is 2. The first-order valence-electron chi connectivity index (χ1n) is 17.4. The third-order valence-electron chi connectivity index (χ3n) is 12.1. The van der Waals surface area contributed by atoms with Crippen LogP contribution in [0, 0.1) is 23.7 Å². The first kappa shape index (κ1) is 28.9. The number of ketones is 1. The second-order valence-electron chi connectivity index (χ2n) is 14.6. The van der Waals surface area contributed by atoms with E-state index in [0.29, 0.717) is 36.9 Å². The molecular weight excluding hydrogens is 551 g/mol. The Morgan fingerprint density at radius 1 is 0.977 bits per heavy atom. The first-order chi connectivity index (χ1) is 21.0. The molecule has 2 N–H and O–H groups in total. The van der Waals surface area contributed by atoms with Crippen molar-refractivity contribution in [3.63, 3.8) is 0 Å². The Bertz CT molecular complexity index is 1100. The lowest BCUT2D eigenvalue weighted by Gasteiger charge is -2.60. The van der Waals surface area contributed by atoms with Gasteiger partial charge in [0.1, 0.15) is 6.17 Å². The number of ether oxygens (including phenoxy) is 3. The molecule has 4 aliphatic carbocycles. The maximum absolute atomic E-state index is 16.1. The van der Waals surface area contributed by atoms with Gasteiger partial charge in [-0.2, -0.15) is 0 Å². The molecule has 4 aliphatic heterocycles. The molecule has 0 bridgehead atoms. The van der Waals surface area contributed by atoms with E-state index >= 15 is 4.39 Å². The number of rotatable bonds is 8. The number of carbonyl (C=O) groups is 2. The quantitative estimate of drug-likeness (QED) is 0.324. The molecule has 0 aromatic carbocycles. The number of fused-ring (bicyclic) bond motifs is 5. The first-order valence-corrected chi connectivity index (χ1v) is 17.4. The van der Waals surface area contributed by atoms with Crippen LogP contribution in [0.15, 0.2) is 11.8 Å². The zero-order chi connectivity index (χ0) is 29.1. The van der Waals surface area contributed by atoms with Crippen molar-refractivity contribution >= 4 is 11.7 Å². The van der Waals surface area contributed by atoms with Gasteiger partial charge in [0, 0.05) is 31.8 Å². The zero-order valence-electron chi connectivity index (χ0n) is 25.3. The molecule has 43 heavy (non-hydrogen) atoms. The number of halogens is 1. The summed E-state index contributed by atoms with van der Waals surface area (Å²) in [5.74, 6) is 0.485. The number of Topliss-reactive ketones (excluding diaryl/α,β-unsaturated/α-hetero) is 1. The molecule has 238 valence electrons. The summed E-state index contributed by atoms with van der Waals surface area (Å²) in [5.41, 5.74) is 0.202. The van der Waals surface area contributed by atoms with Gasteiger partial charge in [0.2, 0.25) is 0 Å². The predicted molar refractivity (Wildman–Crippen MR) is 157 cm³/mol. The molecule has 0 spiro atoms. The van der Waals surface area contributed by atoms with Crippen molar-refractivity contribution in [3.05, 3.63) is 11.8 Å². The normalized spacial score (nSPS) is 44.1. The van der Waals surface area contributed by atoms with E-state index in [4.69, 9.17) is 14.2 Å². The van der Waals surface area contributed by atoms with E-state index in [0.717, 1.165) is 71.4 Å². The summed E-state index contributed by atoms with van der Waals surface area (Å²) in [5, 5.41) is 6.56. The van der Waals surface area contributed by atoms with Crippen LogP contribution in [0.4, 0.5) is 4.39 Å². The van der Waals surface area contributed by atoms with E-state index in [2.05, 4.69) is 20.4 Å². The van der Waals surface area contributed by atoms with Crippen LogP contribution in [0.25, 0.3) is 0 Å². The van der Waals surface area contributed by atoms with E-state index in [1.165, 1.54) is 19.3 Å². The third kappa shape index (κ3) is 5.47. The summed E-state index contributed by atoms with van der Waals surface area (Å²) >= 11 is 0. The third-order valence-corrected chi connectivity index (χ3v) is 12.1. The summed E-state index contributed by atoms with van der Waals surface area (Å²) in [4.78, 5) is 31.9. The van der Waals surface area contributed by atoms with Gasteiger partial charge in [0.15, 0.2) is 5.78 Å². The Balaban J connectivity index is 1.04. The smallest absolute Gasteiger partial charge is 0.256 e. The molecule has 0 aromatic heterocycles. The highest BCUT2D eigenvalue weighted by Gasteiger charge is 2.61. The Kier molecular flexibility index (Phi) is 8.03. The summed E-state index contributed by atoms with van der Waals surface area (Å²) in [6.45, 7) is 5.71. The summed E-state index contributed by atoms with van der Waals surface area (Å²) in [7, 11) is 0. The highest BCUT2D eigenvalue weighted by molar-refractivity contribution is 6.20. The molecule has 4 heterocycles. The minimum Gasteiger partial charge on any atom is -0.379 e. The van der Waals surface area contributed by atoms with Gasteiger partial charge in [-0.3, -0.25) is 14.5 Å². The summed E-state index contributed by atoms with van der Waals surface area (Å²) in [6, 6.07) is -0.707. The SMILES string of the molecule is O=C(NCC1CC1)C1=CN2C3CC4OC5CCCCC5C4CC3OC3C(NCCCN4CCOCC4)C(F)CC(C1=O)C32. The highest BCUT2D eigenvalue weighted by atomic mass is 19.1. The van der Waals surface area contributed by atoms with E-state index in [1.54, 1.807) is 0 Å². The van der Waals surface area contributed by atoms with Crippen molar-refractivity contribution in [3.8, 4) is 0 Å². The van der Waals surface area contributed by atoms with Gasteiger partial charge in [-0.25, -0.2) is 4.39 Å². The second kappa shape index (κ2) is 12.0. The molecule has 4 saturated carbocycles. The van der Waals surface area contributed by atoms with Crippen LogP contribution in [0.2, 0.25) is 0 Å². The predicted octanol–water partition coefficient (Wildman–Crippen LogP) is 2.19. The van der Waals surface area contributed by atoms with Crippen LogP contribution in [-0.4, -0.2) is 116 Å². The minimum atomic E-state index is -1.21. The van der Waals surface area contributed by atoms with Gasteiger partial charge in [-0.05, 0) is 82.2 Å². The summed E-state index contributed by atoms with van der Waals surface area (Å²) in [6.07, 6.45) is 10.6. The van der Waals surface area contributed by atoms with Gasteiger partial charge in [-0.15, -0.1) is 0 Å². The molecule has 10 heteroatoms. The van der Waals surface area contributed by atoms with Gasteiger partial charge >= 0.3 is 0 Å². The van der Waals surface area contributed by atoms with E-state index in [1.807, 2.05) is 6.20 Å². The van der Waals surface area contributed by atoms with Gasteiger partial charge < -0.3 is 29.7 Å². The van der Waals surface area contributed by atoms with Crippen LogP contribution in [-0.2, 0) is 23.8 Å². The van der Waals surface area contributed by atoms with E-state index < -0.39 is 24.2 Å². The topological polar surface area (TPSA) is 92.4 Å². The van der Waals surface area contributed by atoms with Crippen LogP contribution in [0.3, 0.4) is 0 Å². The monoisotopic (exact) mass is 600 g/mol. The van der Waals surface area contributed by atoms with Crippen molar-refractivity contribution in [2.45, 2.75) is 113 Å². The molecule has 11 unspecified atom stereocenters. The molecule has 0 radical (unpaired) electrons. The van der Waals surface area contributed by atoms with Crippen molar-refractivity contribution in [2.75, 3.05) is 45.9 Å². The maximum atomic E-state index is 16.1. The van der Waals surface area contributed by atoms with Crippen LogP contribution >= 0.6 is 0 Å². The van der Waals surface area contributed by atoms with Gasteiger partial charge in [0.05, 0.1) is 61.3 Å². The van der Waals surface area contributed by atoms with Crippen molar-refractivity contribution in [2.24, 2.45) is 23.7 Å². The van der Waals surface area contributed by atoms with Crippen LogP contribution in [0.1, 0.15) is 64.2 Å². The molecule has 7 fully saturated rings. The van der Waals surface area contributed by atoms with Crippen molar-refractivity contribution in [1.29, 1.82) is 0 Å². The number of carbonyl (C=O) groups excluding carboxylic acids is 2. The molecule has 1 amide bonds. The molecule has 9 nitrogen and oxygen atoms in total. The number of amides is 1. The van der Waals surface area contributed by atoms with E-state index in [-0.39, 0.29) is 48.0 Å². The average molecular weight is 601 g/mol. The molecule has 8 aliphatic rings. The Hall–Kier alpha value is -1.59. The molecule has 0 aromatic rings. The Morgan fingerprint density at radius 2 is 1.81 bits per heavy atom. The van der Waals surface area contributed by atoms with Crippen molar-refractivity contribution in [1.82, 2.24) is 20.4 Å². The zero-order valence-corrected chi connectivity index (χ0v) is 25.3. The number of nitrogens with one attached hydrogen (secondary N) is 2. The van der Waals surface area contributed by atoms with Gasteiger partial charge in [-0.1, -0.05) is 12.8 Å². The van der Waals surface area contributed by atoms with Crippen LogP contribution in [0.5, 0.6) is 0 Å². The molecule has 8 rings (SSSR count). The Labute approximate surface area is 254 Å².